The number of hydrogen-bond acceptors (Lipinski definition) is 4. The second-order valence-corrected chi connectivity index (χ2v) is 2.98. The maximum Gasteiger partial charge on any atom is 0.302 e. The van der Waals surface area contributed by atoms with Crippen LogP contribution in [0.5, 0.6) is 0 Å². The zero-order valence-corrected chi connectivity index (χ0v) is 8.60. The van der Waals surface area contributed by atoms with Gasteiger partial charge in [-0.1, -0.05) is 12.2 Å². The predicted molar refractivity (Wildman–Crippen MR) is 55.0 cm³/mol. The molecule has 0 saturated heterocycles. The summed E-state index contributed by atoms with van der Waals surface area (Å²) in [6.45, 7) is 2.15. The van der Waals surface area contributed by atoms with Gasteiger partial charge in [-0.2, -0.15) is 0 Å². The topological polar surface area (TPSA) is 51.5 Å². The first-order chi connectivity index (χ1) is 6.70. The van der Waals surface area contributed by atoms with Crippen molar-refractivity contribution in [2.75, 3.05) is 13.2 Å². The van der Waals surface area contributed by atoms with Crippen LogP contribution >= 0.6 is 12.2 Å². The average molecular weight is 213 g/mol. The predicted octanol–water partition coefficient (Wildman–Crippen LogP) is 1.11. The SMILES string of the molecule is CC(=O)OCCNC(=S)c1ccco1. The van der Waals surface area contributed by atoms with Crippen LogP contribution in [0.1, 0.15) is 12.7 Å². The Morgan fingerprint density at radius 3 is 3.07 bits per heavy atom. The monoisotopic (exact) mass is 213 g/mol. The molecule has 0 atom stereocenters. The summed E-state index contributed by atoms with van der Waals surface area (Å²) >= 11 is 5.01. The van der Waals surface area contributed by atoms with Gasteiger partial charge >= 0.3 is 5.97 Å². The Morgan fingerprint density at radius 1 is 1.71 bits per heavy atom. The lowest BCUT2D eigenvalue weighted by atomic mass is 10.4. The smallest absolute Gasteiger partial charge is 0.302 e. The van der Waals surface area contributed by atoms with Crippen LogP contribution in [0.15, 0.2) is 22.8 Å². The van der Waals surface area contributed by atoms with Crippen molar-refractivity contribution in [2.24, 2.45) is 0 Å². The molecule has 1 heterocycles. The average Bonchev–Trinajstić information content (AvgIpc) is 2.64. The van der Waals surface area contributed by atoms with Crippen molar-refractivity contribution in [2.45, 2.75) is 6.92 Å². The lowest BCUT2D eigenvalue weighted by Crippen LogP contribution is -2.26. The van der Waals surface area contributed by atoms with Crippen molar-refractivity contribution >= 4 is 23.2 Å². The third-order valence-corrected chi connectivity index (χ3v) is 1.78. The van der Waals surface area contributed by atoms with E-state index in [0.29, 0.717) is 23.9 Å². The standard InChI is InChI=1S/C9H11NO3S/c1-7(11)12-6-4-10-9(14)8-3-2-5-13-8/h2-3,5H,4,6H2,1H3,(H,10,14). The van der Waals surface area contributed by atoms with E-state index in [9.17, 15) is 4.79 Å². The van der Waals surface area contributed by atoms with E-state index >= 15 is 0 Å². The van der Waals surface area contributed by atoms with Gasteiger partial charge in [0.2, 0.25) is 0 Å². The van der Waals surface area contributed by atoms with Crippen LogP contribution in [0.4, 0.5) is 0 Å². The zero-order chi connectivity index (χ0) is 10.4. The number of ether oxygens (including phenoxy) is 1. The molecule has 0 aliphatic heterocycles. The van der Waals surface area contributed by atoms with Crippen molar-refractivity contribution in [1.29, 1.82) is 0 Å². The van der Waals surface area contributed by atoms with Crippen LogP contribution in [0.25, 0.3) is 0 Å². The third-order valence-electron chi connectivity index (χ3n) is 1.44. The van der Waals surface area contributed by atoms with E-state index < -0.39 is 0 Å². The summed E-state index contributed by atoms with van der Waals surface area (Å²) in [4.78, 5) is 10.9. The molecule has 0 spiro atoms. The molecule has 5 heteroatoms. The van der Waals surface area contributed by atoms with E-state index in [1.165, 1.54) is 6.92 Å². The van der Waals surface area contributed by atoms with Crippen molar-refractivity contribution in [1.82, 2.24) is 5.32 Å². The van der Waals surface area contributed by atoms with E-state index in [4.69, 9.17) is 21.4 Å². The first-order valence-electron chi connectivity index (χ1n) is 4.15. The molecule has 0 aliphatic rings. The fourth-order valence-electron chi connectivity index (χ4n) is 0.854. The van der Waals surface area contributed by atoms with E-state index in [2.05, 4.69) is 5.32 Å². The largest absolute Gasteiger partial charge is 0.464 e. The first kappa shape index (κ1) is 10.7. The second-order valence-electron chi connectivity index (χ2n) is 2.57. The van der Waals surface area contributed by atoms with Crippen molar-refractivity contribution < 1.29 is 13.9 Å². The van der Waals surface area contributed by atoms with Crippen molar-refractivity contribution in [3.8, 4) is 0 Å². The van der Waals surface area contributed by atoms with Gasteiger partial charge in [0.1, 0.15) is 11.6 Å². The minimum absolute atomic E-state index is 0.296. The number of rotatable bonds is 4. The zero-order valence-electron chi connectivity index (χ0n) is 7.78. The maximum absolute atomic E-state index is 10.4. The van der Waals surface area contributed by atoms with Gasteiger partial charge in [0, 0.05) is 13.5 Å². The Bertz CT molecular complexity index is 308. The van der Waals surface area contributed by atoms with Crippen LogP contribution in [0, 0.1) is 0 Å². The lowest BCUT2D eigenvalue weighted by Gasteiger charge is -2.05. The summed E-state index contributed by atoms with van der Waals surface area (Å²) < 4.78 is 9.78. The summed E-state index contributed by atoms with van der Waals surface area (Å²) in [7, 11) is 0. The normalized spacial score (nSPS) is 9.50. The summed E-state index contributed by atoms with van der Waals surface area (Å²) in [5, 5.41) is 2.90. The van der Waals surface area contributed by atoms with Crippen LogP contribution < -0.4 is 5.32 Å². The molecule has 0 radical (unpaired) electrons. The van der Waals surface area contributed by atoms with Gasteiger partial charge in [0.05, 0.1) is 6.26 Å². The number of carbonyl (C=O) groups excluding carboxylic acids is 1. The summed E-state index contributed by atoms with van der Waals surface area (Å²) in [6.07, 6.45) is 1.55. The molecule has 0 bridgehead atoms. The molecule has 1 aromatic heterocycles. The lowest BCUT2D eigenvalue weighted by molar-refractivity contribution is -0.140. The molecule has 0 amide bonds. The van der Waals surface area contributed by atoms with E-state index in [1.807, 2.05) is 0 Å². The van der Waals surface area contributed by atoms with Crippen LogP contribution in [0.3, 0.4) is 0 Å². The molecule has 0 unspecified atom stereocenters. The molecule has 0 aliphatic carbocycles. The van der Waals surface area contributed by atoms with Crippen molar-refractivity contribution in [3.05, 3.63) is 24.2 Å². The van der Waals surface area contributed by atoms with E-state index in [0.717, 1.165) is 0 Å². The van der Waals surface area contributed by atoms with E-state index in [1.54, 1.807) is 18.4 Å². The second kappa shape index (κ2) is 5.39. The first-order valence-corrected chi connectivity index (χ1v) is 4.56. The van der Waals surface area contributed by atoms with Gasteiger partial charge in [-0.05, 0) is 12.1 Å². The molecule has 0 fully saturated rings. The molecule has 4 nitrogen and oxygen atoms in total. The summed E-state index contributed by atoms with van der Waals surface area (Å²) in [5.74, 6) is 0.318. The number of nitrogens with one attached hydrogen (secondary N) is 1. The molecule has 1 rings (SSSR count). The highest BCUT2D eigenvalue weighted by Crippen LogP contribution is 1.99. The highest BCUT2D eigenvalue weighted by molar-refractivity contribution is 7.80. The molecular weight excluding hydrogens is 202 g/mol. The number of hydrogen-bond donors (Lipinski definition) is 1. The molecule has 14 heavy (non-hydrogen) atoms. The van der Waals surface area contributed by atoms with Gasteiger partial charge in [0.25, 0.3) is 0 Å². The van der Waals surface area contributed by atoms with Gasteiger partial charge in [-0.25, -0.2) is 0 Å². The minimum atomic E-state index is -0.296. The summed E-state index contributed by atoms with van der Waals surface area (Å²) in [6, 6.07) is 3.52. The molecule has 0 saturated carbocycles. The molecule has 0 aromatic carbocycles. The fourth-order valence-corrected chi connectivity index (χ4v) is 1.07. The maximum atomic E-state index is 10.4. The number of thiocarbonyl (C=S) groups is 1. The Morgan fingerprint density at radius 2 is 2.50 bits per heavy atom. The molecule has 1 aromatic rings. The Balaban J connectivity index is 2.19. The molecule has 1 N–H and O–H groups in total. The minimum Gasteiger partial charge on any atom is -0.464 e. The van der Waals surface area contributed by atoms with Crippen LogP contribution in [-0.4, -0.2) is 24.1 Å². The number of furan rings is 1. The summed E-state index contributed by atoms with van der Waals surface area (Å²) in [5.41, 5.74) is 0. The fraction of sp³-hybridized carbons (Fsp3) is 0.333. The third kappa shape index (κ3) is 3.57. The van der Waals surface area contributed by atoms with Crippen LogP contribution in [0.2, 0.25) is 0 Å². The number of esters is 1. The van der Waals surface area contributed by atoms with Gasteiger partial charge < -0.3 is 14.5 Å². The highest BCUT2D eigenvalue weighted by atomic mass is 32.1. The van der Waals surface area contributed by atoms with Crippen LogP contribution in [-0.2, 0) is 9.53 Å². The number of carbonyl (C=O) groups is 1. The molecular formula is C9H11NO3S. The quantitative estimate of drug-likeness (QED) is 0.461. The Hall–Kier alpha value is -1.36. The Kier molecular flexibility index (Phi) is 4.12. The van der Waals surface area contributed by atoms with E-state index in [-0.39, 0.29) is 5.97 Å². The van der Waals surface area contributed by atoms with Gasteiger partial charge in [0.15, 0.2) is 5.76 Å². The van der Waals surface area contributed by atoms with Gasteiger partial charge in [-0.3, -0.25) is 4.79 Å². The molecule has 76 valence electrons. The highest BCUT2D eigenvalue weighted by Gasteiger charge is 2.02. The van der Waals surface area contributed by atoms with Crippen molar-refractivity contribution in [3.63, 3.8) is 0 Å². The Labute approximate surface area is 87.2 Å². The van der Waals surface area contributed by atoms with Gasteiger partial charge in [-0.15, -0.1) is 0 Å².